The minimum Gasteiger partial charge on any atom is -0.458 e. The quantitative estimate of drug-likeness (QED) is 0.474. The molecule has 0 spiro atoms. The number of nitrogens with one attached hydrogen (secondary N) is 1. The van der Waals surface area contributed by atoms with E-state index < -0.39 is 35.0 Å². The first kappa shape index (κ1) is 21.7. The molecule has 0 radical (unpaired) electrons. The molecule has 0 aromatic carbocycles. The van der Waals surface area contributed by atoms with E-state index in [1.165, 1.54) is 0 Å². The largest absolute Gasteiger partial charge is 0.458 e. The topological polar surface area (TPSA) is 152 Å². The highest BCUT2D eigenvalue weighted by Gasteiger charge is 2.64. The lowest BCUT2D eigenvalue weighted by Gasteiger charge is -2.62. The average molecular weight is 444 g/mol. The van der Waals surface area contributed by atoms with Crippen LogP contribution in [0.4, 0.5) is 0 Å². The molecule has 5 N–H and O–H groups in total. The highest BCUT2D eigenvalue weighted by atomic mass is 16.6. The molecule has 2 amide bonds. The van der Waals surface area contributed by atoms with Crippen LogP contribution in [0.15, 0.2) is 0 Å². The van der Waals surface area contributed by atoms with E-state index in [0.29, 0.717) is 24.2 Å². The molecule has 0 aromatic rings. The number of esters is 1. The average Bonchev–Trinajstić information content (AvgIpc) is 3.39. The molecule has 5 saturated carbocycles. The molecule has 9 nitrogen and oxygen atoms in total. The van der Waals surface area contributed by atoms with Crippen molar-refractivity contribution in [3.63, 3.8) is 0 Å². The first-order chi connectivity index (χ1) is 15.2. The predicted octanol–water partition coefficient (Wildman–Crippen LogP) is 0.172. The molecular weight excluding hydrogens is 410 g/mol. The van der Waals surface area contributed by atoms with E-state index in [9.17, 15) is 19.6 Å². The molecule has 0 aromatic heterocycles. The number of nitrogens with zero attached hydrogens (tertiary/aromatic N) is 2. The molecule has 4 bridgehead atoms. The number of amides is 2. The molecule has 6 aliphatic rings. The zero-order valence-electron chi connectivity index (χ0n) is 18.6. The highest BCUT2D eigenvalue weighted by molar-refractivity contribution is 5.85. The Kier molecular flexibility index (Phi) is 5.02. The lowest BCUT2D eigenvalue weighted by atomic mass is 9.46. The first-order valence-corrected chi connectivity index (χ1v) is 11.8. The van der Waals surface area contributed by atoms with Crippen LogP contribution < -0.4 is 16.8 Å². The fraction of sp³-hybridized carbons (Fsp3) is 0.826. The Morgan fingerprint density at radius 2 is 1.88 bits per heavy atom. The number of hydrogen-bond donors (Lipinski definition) is 3. The number of carbonyl (C=O) groups is 3. The second kappa shape index (κ2) is 7.42. The van der Waals surface area contributed by atoms with Crippen molar-refractivity contribution in [2.24, 2.45) is 34.6 Å². The van der Waals surface area contributed by atoms with Gasteiger partial charge in [-0.2, -0.15) is 5.26 Å². The molecular formula is C23H33N5O4. The third-order valence-electron chi connectivity index (χ3n) is 8.84. The lowest BCUT2D eigenvalue weighted by Crippen LogP contribution is -2.66. The Morgan fingerprint density at radius 3 is 2.47 bits per heavy atom. The van der Waals surface area contributed by atoms with Gasteiger partial charge in [-0.15, -0.1) is 0 Å². The zero-order valence-corrected chi connectivity index (χ0v) is 18.6. The number of fused-ring (bicyclic) bond motifs is 1. The van der Waals surface area contributed by atoms with Gasteiger partial charge in [0.1, 0.15) is 17.7 Å². The van der Waals surface area contributed by atoms with Crippen molar-refractivity contribution in [3.8, 4) is 6.07 Å². The van der Waals surface area contributed by atoms with Crippen molar-refractivity contribution in [1.82, 2.24) is 10.2 Å². The van der Waals surface area contributed by atoms with Crippen molar-refractivity contribution >= 4 is 17.8 Å². The Morgan fingerprint density at radius 1 is 1.19 bits per heavy atom. The fourth-order valence-corrected chi connectivity index (χ4v) is 7.83. The zero-order chi connectivity index (χ0) is 22.8. The van der Waals surface area contributed by atoms with E-state index in [4.69, 9.17) is 16.2 Å². The van der Waals surface area contributed by atoms with Gasteiger partial charge in [-0.1, -0.05) is 0 Å². The van der Waals surface area contributed by atoms with Crippen molar-refractivity contribution in [2.75, 3.05) is 7.05 Å². The number of rotatable bonds is 7. The van der Waals surface area contributed by atoms with E-state index in [1.54, 1.807) is 11.9 Å². The maximum Gasteiger partial charge on any atom is 0.324 e. The molecule has 174 valence electrons. The van der Waals surface area contributed by atoms with Crippen molar-refractivity contribution in [2.45, 2.75) is 87.6 Å². The van der Waals surface area contributed by atoms with Gasteiger partial charge in [0.25, 0.3) is 0 Å². The third-order valence-corrected chi connectivity index (χ3v) is 8.84. The fourth-order valence-electron chi connectivity index (χ4n) is 7.83. The van der Waals surface area contributed by atoms with Gasteiger partial charge in [-0.25, -0.2) is 0 Å². The van der Waals surface area contributed by atoms with E-state index in [0.717, 1.165) is 44.9 Å². The van der Waals surface area contributed by atoms with E-state index in [2.05, 4.69) is 11.4 Å². The smallest absolute Gasteiger partial charge is 0.324 e. The first-order valence-electron chi connectivity index (χ1n) is 11.8. The Balaban J connectivity index is 1.36. The number of piperidine rings is 1. The van der Waals surface area contributed by atoms with Crippen LogP contribution in [-0.2, 0) is 19.1 Å². The molecule has 32 heavy (non-hydrogen) atoms. The van der Waals surface area contributed by atoms with Crippen molar-refractivity contribution in [1.29, 1.82) is 5.26 Å². The number of nitriles is 1. The molecule has 7 unspecified atom stereocenters. The maximum atomic E-state index is 13.6. The monoisotopic (exact) mass is 443 g/mol. The summed E-state index contributed by atoms with van der Waals surface area (Å²) in [6.45, 7) is 0. The molecule has 1 saturated heterocycles. The van der Waals surface area contributed by atoms with Gasteiger partial charge in [0.15, 0.2) is 0 Å². The van der Waals surface area contributed by atoms with Crippen LogP contribution in [-0.4, -0.2) is 59.5 Å². The molecule has 1 aliphatic heterocycles. The number of primary amides is 1. The van der Waals surface area contributed by atoms with Gasteiger partial charge in [0, 0.05) is 6.04 Å². The summed E-state index contributed by atoms with van der Waals surface area (Å²) in [5.41, 5.74) is 11.0. The standard InChI is InChI=1S/C23H33N5O4/c1-27-16(5-18(25)29)21(31)32-23-8-12-2-13(9-23)7-22(6-12,11-23)19(26)20(30)28-15(10-24)3-14-4-17(14)28/h12-17,19,27H,2-9,11,26H2,1H3,(H2,25,29). The van der Waals surface area contributed by atoms with Gasteiger partial charge < -0.3 is 26.4 Å². The number of likely N-dealkylation sites (tertiary alicyclic amines) is 1. The van der Waals surface area contributed by atoms with Gasteiger partial charge in [0.2, 0.25) is 11.8 Å². The van der Waals surface area contributed by atoms with Crippen LogP contribution in [0, 0.1) is 34.5 Å². The SMILES string of the molecule is CNC(CC(N)=O)C(=O)OC12CC3CC(C1)CC(C(N)C(=O)N1C(C#N)CC4CC41)(C3)C2. The summed E-state index contributed by atoms with van der Waals surface area (Å²) in [5.74, 6) is 0.0485. The molecule has 9 heteroatoms. The normalized spacial score (nSPS) is 42.7. The molecule has 6 rings (SSSR count). The van der Waals surface area contributed by atoms with Crippen molar-refractivity contribution < 1.29 is 19.1 Å². The second-order valence-electron chi connectivity index (χ2n) is 11.1. The van der Waals surface area contributed by atoms with Gasteiger partial charge in [0.05, 0.1) is 18.5 Å². The van der Waals surface area contributed by atoms with E-state index in [1.807, 2.05) is 0 Å². The number of hydrogen-bond acceptors (Lipinski definition) is 7. The van der Waals surface area contributed by atoms with Crippen molar-refractivity contribution in [3.05, 3.63) is 0 Å². The van der Waals surface area contributed by atoms with Crippen LogP contribution in [0.3, 0.4) is 0 Å². The van der Waals surface area contributed by atoms with E-state index in [-0.39, 0.29) is 24.4 Å². The molecule has 6 fully saturated rings. The maximum absolute atomic E-state index is 13.6. The summed E-state index contributed by atoms with van der Waals surface area (Å²) in [6.07, 6.45) is 6.55. The number of carbonyl (C=O) groups excluding carboxylic acids is 3. The Bertz CT molecular complexity index is 870. The highest BCUT2D eigenvalue weighted by Crippen LogP contribution is 2.64. The summed E-state index contributed by atoms with van der Waals surface area (Å²) >= 11 is 0. The molecule has 1 heterocycles. The third kappa shape index (κ3) is 3.39. The van der Waals surface area contributed by atoms with Crippen LogP contribution in [0.2, 0.25) is 0 Å². The summed E-state index contributed by atoms with van der Waals surface area (Å²) in [7, 11) is 1.61. The summed E-state index contributed by atoms with van der Waals surface area (Å²) in [6, 6.07) is 0.620. The van der Waals surface area contributed by atoms with Gasteiger partial charge >= 0.3 is 5.97 Å². The van der Waals surface area contributed by atoms with Crippen LogP contribution in [0.1, 0.15) is 57.8 Å². The number of likely N-dealkylation sites (N-methyl/N-ethyl adjacent to an activating group) is 1. The van der Waals surface area contributed by atoms with Gasteiger partial charge in [-0.05, 0) is 81.6 Å². The second-order valence-corrected chi connectivity index (χ2v) is 11.1. The molecule has 5 aliphatic carbocycles. The summed E-state index contributed by atoms with van der Waals surface area (Å²) in [4.78, 5) is 39.6. The molecule has 7 atom stereocenters. The van der Waals surface area contributed by atoms with Crippen LogP contribution in [0.25, 0.3) is 0 Å². The minimum absolute atomic E-state index is 0.105. The number of nitrogens with two attached hydrogens (primary N) is 2. The summed E-state index contributed by atoms with van der Waals surface area (Å²) in [5, 5.41) is 12.4. The van der Waals surface area contributed by atoms with Crippen LogP contribution >= 0.6 is 0 Å². The lowest BCUT2D eigenvalue weighted by molar-refractivity contribution is -0.207. The Hall–Kier alpha value is -2.18. The minimum atomic E-state index is -0.778. The summed E-state index contributed by atoms with van der Waals surface area (Å²) < 4.78 is 6.11. The predicted molar refractivity (Wildman–Crippen MR) is 113 cm³/mol. The van der Waals surface area contributed by atoms with E-state index >= 15 is 0 Å². The Labute approximate surface area is 188 Å². The van der Waals surface area contributed by atoms with Gasteiger partial charge in [-0.3, -0.25) is 14.4 Å². The number of ether oxygens (including phenoxy) is 1. The van der Waals surface area contributed by atoms with Crippen LogP contribution in [0.5, 0.6) is 0 Å².